The highest BCUT2D eigenvalue weighted by atomic mass is 32.1. The van der Waals surface area contributed by atoms with Crippen LogP contribution in [0.5, 0.6) is 11.5 Å². The summed E-state index contributed by atoms with van der Waals surface area (Å²) in [7, 11) is 1.38. The molecule has 0 atom stereocenters. The third-order valence-corrected chi connectivity index (χ3v) is 6.20. The number of alkyl halides is 3. The maximum Gasteiger partial charge on any atom is 0.416 e. The summed E-state index contributed by atoms with van der Waals surface area (Å²) in [6.07, 6.45) is -4.11. The van der Waals surface area contributed by atoms with Crippen molar-refractivity contribution in [1.29, 1.82) is 0 Å². The Kier molecular flexibility index (Phi) is 7.07. The van der Waals surface area contributed by atoms with Crippen molar-refractivity contribution in [2.45, 2.75) is 25.8 Å². The Hall–Kier alpha value is -3.52. The second-order valence-electron chi connectivity index (χ2n) is 7.59. The molecule has 0 aliphatic heterocycles. The van der Waals surface area contributed by atoms with Gasteiger partial charge in [0.2, 0.25) is 0 Å². The van der Waals surface area contributed by atoms with Crippen LogP contribution in [0.25, 0.3) is 10.1 Å². The second kappa shape index (κ2) is 10.2. The minimum atomic E-state index is -4.35. The fourth-order valence-electron chi connectivity index (χ4n) is 3.32. The van der Waals surface area contributed by atoms with Crippen molar-refractivity contribution in [2.24, 2.45) is 0 Å². The largest absolute Gasteiger partial charge is 0.489 e. The SMILES string of the molecule is COC(=O)Cc1csc2cc(OCc3ccc(OCc4ccc(C(F)(F)F)cc4)cc3)ccc12. The van der Waals surface area contributed by atoms with Gasteiger partial charge in [0.15, 0.2) is 0 Å². The Morgan fingerprint density at radius 3 is 2.06 bits per heavy atom. The molecule has 0 saturated carbocycles. The standard InChI is InChI=1S/C26H21F3O4S/c1-31-25(30)12-19-16-34-24-13-22(10-11-23(19)24)33-15-18-4-8-21(9-5-18)32-14-17-2-6-20(7-3-17)26(27,28)29/h2-11,13,16H,12,14-15H2,1H3. The Labute approximate surface area is 198 Å². The monoisotopic (exact) mass is 486 g/mol. The van der Waals surface area contributed by atoms with Crippen LogP contribution in [-0.4, -0.2) is 13.1 Å². The normalized spacial score (nSPS) is 11.4. The Morgan fingerprint density at radius 1 is 0.853 bits per heavy atom. The van der Waals surface area contributed by atoms with Crippen LogP contribution in [0.3, 0.4) is 0 Å². The van der Waals surface area contributed by atoms with E-state index in [4.69, 9.17) is 14.2 Å². The van der Waals surface area contributed by atoms with E-state index in [9.17, 15) is 18.0 Å². The highest BCUT2D eigenvalue weighted by Crippen LogP contribution is 2.31. The average molecular weight is 487 g/mol. The molecule has 8 heteroatoms. The molecule has 4 nitrogen and oxygen atoms in total. The highest BCUT2D eigenvalue weighted by Gasteiger charge is 2.29. The van der Waals surface area contributed by atoms with Crippen LogP contribution >= 0.6 is 11.3 Å². The fraction of sp³-hybridized carbons (Fsp3) is 0.192. The topological polar surface area (TPSA) is 44.8 Å². The number of thiophene rings is 1. The molecular formula is C26H21F3O4S. The Balaban J connectivity index is 1.30. The molecule has 0 radical (unpaired) electrons. The number of carbonyl (C=O) groups is 1. The molecule has 0 spiro atoms. The summed E-state index contributed by atoms with van der Waals surface area (Å²) in [4.78, 5) is 11.5. The number of ether oxygens (including phenoxy) is 3. The van der Waals surface area contributed by atoms with E-state index in [1.807, 2.05) is 35.7 Å². The van der Waals surface area contributed by atoms with Gasteiger partial charge in [0.1, 0.15) is 24.7 Å². The van der Waals surface area contributed by atoms with E-state index >= 15 is 0 Å². The van der Waals surface area contributed by atoms with Crippen LogP contribution in [0.2, 0.25) is 0 Å². The molecule has 34 heavy (non-hydrogen) atoms. The quantitative estimate of drug-likeness (QED) is 0.257. The van der Waals surface area contributed by atoms with Gasteiger partial charge in [-0.2, -0.15) is 13.2 Å². The van der Waals surface area contributed by atoms with Crippen LogP contribution in [0, 0.1) is 0 Å². The molecule has 0 amide bonds. The van der Waals surface area contributed by atoms with Crippen LogP contribution in [0.4, 0.5) is 13.2 Å². The first kappa shape index (κ1) is 23.6. The van der Waals surface area contributed by atoms with Crippen molar-refractivity contribution in [2.75, 3.05) is 7.11 Å². The zero-order valence-corrected chi connectivity index (χ0v) is 19.0. The third-order valence-electron chi connectivity index (χ3n) is 5.21. The number of carbonyl (C=O) groups excluding carboxylic acids is 1. The van der Waals surface area contributed by atoms with Gasteiger partial charge in [0, 0.05) is 4.70 Å². The number of hydrogen-bond acceptors (Lipinski definition) is 5. The second-order valence-corrected chi connectivity index (χ2v) is 8.50. The van der Waals surface area contributed by atoms with Gasteiger partial charge in [-0.1, -0.05) is 24.3 Å². The maximum atomic E-state index is 12.6. The maximum absolute atomic E-state index is 12.6. The lowest BCUT2D eigenvalue weighted by atomic mass is 10.1. The number of methoxy groups -OCH3 is 1. The molecule has 0 saturated heterocycles. The number of fused-ring (bicyclic) bond motifs is 1. The van der Waals surface area contributed by atoms with Gasteiger partial charge in [-0.25, -0.2) is 0 Å². The van der Waals surface area contributed by atoms with Gasteiger partial charge < -0.3 is 14.2 Å². The molecule has 0 N–H and O–H groups in total. The van der Waals surface area contributed by atoms with Crippen molar-refractivity contribution >= 4 is 27.4 Å². The van der Waals surface area contributed by atoms with E-state index in [-0.39, 0.29) is 19.0 Å². The Bertz CT molecular complexity index is 1260. The lowest BCUT2D eigenvalue weighted by Gasteiger charge is -2.10. The van der Waals surface area contributed by atoms with Crippen molar-refractivity contribution in [3.8, 4) is 11.5 Å². The van der Waals surface area contributed by atoms with Crippen LogP contribution in [-0.2, 0) is 35.3 Å². The number of rotatable bonds is 8. The van der Waals surface area contributed by atoms with E-state index in [1.54, 1.807) is 23.5 Å². The first-order chi connectivity index (χ1) is 16.3. The molecule has 176 valence electrons. The van der Waals surface area contributed by atoms with E-state index < -0.39 is 11.7 Å². The Morgan fingerprint density at radius 2 is 1.44 bits per heavy atom. The molecule has 0 aliphatic rings. The van der Waals surface area contributed by atoms with E-state index in [1.165, 1.54) is 19.2 Å². The van der Waals surface area contributed by atoms with Crippen LogP contribution in [0.15, 0.2) is 72.1 Å². The fourth-order valence-corrected chi connectivity index (χ4v) is 4.31. The average Bonchev–Trinajstić information content (AvgIpc) is 3.23. The van der Waals surface area contributed by atoms with Crippen molar-refractivity contribution in [1.82, 2.24) is 0 Å². The van der Waals surface area contributed by atoms with Crippen molar-refractivity contribution < 1.29 is 32.2 Å². The molecule has 3 aromatic carbocycles. The highest BCUT2D eigenvalue weighted by molar-refractivity contribution is 7.17. The van der Waals surface area contributed by atoms with Gasteiger partial charge in [0.25, 0.3) is 0 Å². The predicted molar refractivity (Wildman–Crippen MR) is 124 cm³/mol. The lowest BCUT2D eigenvalue weighted by molar-refractivity contribution is -0.140. The van der Waals surface area contributed by atoms with Gasteiger partial charge in [-0.15, -0.1) is 11.3 Å². The molecule has 4 rings (SSSR count). The smallest absolute Gasteiger partial charge is 0.416 e. The minimum Gasteiger partial charge on any atom is -0.489 e. The molecule has 1 heterocycles. The summed E-state index contributed by atoms with van der Waals surface area (Å²) in [5.74, 6) is 1.06. The number of benzene rings is 3. The third kappa shape index (κ3) is 5.88. The van der Waals surface area contributed by atoms with E-state index in [0.29, 0.717) is 17.9 Å². The van der Waals surface area contributed by atoms with Crippen molar-refractivity contribution in [3.05, 3.63) is 94.4 Å². The summed E-state index contributed by atoms with van der Waals surface area (Å²) >= 11 is 1.55. The summed E-state index contributed by atoms with van der Waals surface area (Å²) in [5, 5.41) is 2.96. The number of hydrogen-bond donors (Lipinski definition) is 0. The summed E-state index contributed by atoms with van der Waals surface area (Å²) in [5.41, 5.74) is 1.85. The summed E-state index contributed by atoms with van der Waals surface area (Å²) in [6.45, 7) is 0.540. The molecule has 0 fully saturated rings. The molecule has 1 aromatic heterocycles. The predicted octanol–water partition coefficient (Wildman–Crippen LogP) is 6.79. The zero-order valence-electron chi connectivity index (χ0n) is 18.2. The summed E-state index contributed by atoms with van der Waals surface area (Å²) < 4.78 is 55.3. The molecule has 0 unspecified atom stereocenters. The minimum absolute atomic E-state index is 0.173. The number of halogens is 3. The molecule has 0 bridgehead atoms. The zero-order chi connectivity index (χ0) is 24.1. The van der Waals surface area contributed by atoms with Gasteiger partial charge >= 0.3 is 12.1 Å². The van der Waals surface area contributed by atoms with Gasteiger partial charge in [-0.3, -0.25) is 4.79 Å². The van der Waals surface area contributed by atoms with Crippen LogP contribution in [0.1, 0.15) is 22.3 Å². The first-order valence-corrected chi connectivity index (χ1v) is 11.3. The summed E-state index contributed by atoms with van der Waals surface area (Å²) in [6, 6.07) is 18.0. The van der Waals surface area contributed by atoms with E-state index in [0.717, 1.165) is 39.1 Å². The van der Waals surface area contributed by atoms with Crippen molar-refractivity contribution in [3.63, 3.8) is 0 Å². The lowest BCUT2D eigenvalue weighted by Crippen LogP contribution is -2.05. The molecular weight excluding hydrogens is 465 g/mol. The molecule has 4 aromatic rings. The first-order valence-electron chi connectivity index (χ1n) is 10.4. The van der Waals surface area contributed by atoms with Crippen LogP contribution < -0.4 is 9.47 Å². The van der Waals surface area contributed by atoms with Gasteiger partial charge in [0.05, 0.1) is 19.1 Å². The van der Waals surface area contributed by atoms with E-state index in [2.05, 4.69) is 0 Å². The number of esters is 1. The molecule has 0 aliphatic carbocycles. The van der Waals surface area contributed by atoms with Gasteiger partial charge in [-0.05, 0) is 69.9 Å².